The number of anilines is 1. The van der Waals surface area contributed by atoms with Crippen LogP contribution in [-0.4, -0.2) is 18.3 Å². The number of hydrogen-bond acceptors (Lipinski definition) is 3. The van der Waals surface area contributed by atoms with Gasteiger partial charge in [0.05, 0.1) is 5.69 Å². The molecule has 19 heavy (non-hydrogen) atoms. The van der Waals surface area contributed by atoms with E-state index in [1.165, 1.54) is 18.2 Å². The van der Waals surface area contributed by atoms with E-state index < -0.39 is 18.0 Å². The number of alkyl halides is 3. The summed E-state index contributed by atoms with van der Waals surface area (Å²) in [5, 5.41) is 2.37. The first-order chi connectivity index (χ1) is 8.78. The molecule has 0 heterocycles. The molecule has 0 spiro atoms. The average molecular weight is 276 g/mol. The molecule has 1 atom stereocenters. The van der Waals surface area contributed by atoms with Gasteiger partial charge >= 0.3 is 6.36 Å². The molecule has 0 aliphatic carbocycles. The minimum Gasteiger partial charge on any atom is -0.404 e. The van der Waals surface area contributed by atoms with Crippen LogP contribution in [0.4, 0.5) is 18.9 Å². The Morgan fingerprint density at radius 2 is 2.05 bits per heavy atom. The van der Waals surface area contributed by atoms with Crippen molar-refractivity contribution in [2.45, 2.75) is 32.2 Å². The summed E-state index contributed by atoms with van der Waals surface area (Å²) in [6.45, 7) is 1.74. The zero-order chi connectivity index (χ0) is 14.5. The van der Waals surface area contributed by atoms with Crippen molar-refractivity contribution < 1.29 is 22.7 Å². The average Bonchev–Trinajstić information content (AvgIpc) is 2.27. The first-order valence-corrected chi connectivity index (χ1v) is 5.68. The van der Waals surface area contributed by atoms with E-state index in [0.29, 0.717) is 6.42 Å². The first kappa shape index (κ1) is 15.3. The highest BCUT2D eigenvalue weighted by Gasteiger charge is 2.32. The van der Waals surface area contributed by atoms with Crippen molar-refractivity contribution in [2.24, 2.45) is 5.73 Å². The number of hydrogen-bond donors (Lipinski definition) is 2. The van der Waals surface area contributed by atoms with E-state index in [1.54, 1.807) is 6.92 Å². The lowest BCUT2D eigenvalue weighted by atomic mass is 10.2. The Morgan fingerprint density at radius 3 is 2.63 bits per heavy atom. The number of halogens is 3. The molecule has 7 heteroatoms. The predicted molar refractivity (Wildman–Crippen MR) is 64.6 cm³/mol. The minimum atomic E-state index is -4.80. The zero-order valence-electron chi connectivity index (χ0n) is 10.3. The molecule has 4 nitrogen and oxygen atoms in total. The molecule has 1 aromatic rings. The number of para-hydroxylation sites is 2. The molecule has 0 aliphatic rings. The SMILES string of the molecule is CC(N)CCC(=O)Nc1ccccc1OC(F)(F)F. The number of nitrogens with one attached hydrogen (secondary N) is 1. The van der Waals surface area contributed by atoms with Crippen molar-refractivity contribution in [3.63, 3.8) is 0 Å². The lowest BCUT2D eigenvalue weighted by molar-refractivity contribution is -0.274. The van der Waals surface area contributed by atoms with Gasteiger partial charge in [-0.2, -0.15) is 0 Å². The molecule has 0 bridgehead atoms. The molecule has 1 amide bonds. The highest BCUT2D eigenvalue weighted by Crippen LogP contribution is 2.29. The number of carbonyl (C=O) groups excluding carboxylic acids is 1. The van der Waals surface area contributed by atoms with Crippen LogP contribution < -0.4 is 15.8 Å². The van der Waals surface area contributed by atoms with E-state index in [1.807, 2.05) is 0 Å². The third kappa shape index (κ3) is 6.10. The Balaban J connectivity index is 2.70. The number of carbonyl (C=O) groups is 1. The predicted octanol–water partition coefficient (Wildman–Crippen LogP) is 2.65. The molecule has 0 radical (unpaired) electrons. The third-order valence-electron chi connectivity index (χ3n) is 2.21. The summed E-state index contributed by atoms with van der Waals surface area (Å²) in [4.78, 5) is 11.5. The summed E-state index contributed by atoms with van der Waals surface area (Å²) >= 11 is 0. The molecule has 0 aliphatic heterocycles. The number of amides is 1. The number of nitrogens with two attached hydrogens (primary N) is 1. The molecule has 106 valence electrons. The van der Waals surface area contributed by atoms with Gasteiger partial charge in [0.1, 0.15) is 0 Å². The van der Waals surface area contributed by atoms with Crippen LogP contribution in [0.5, 0.6) is 5.75 Å². The van der Waals surface area contributed by atoms with Gasteiger partial charge in [-0.3, -0.25) is 4.79 Å². The molecule has 0 saturated carbocycles. The van der Waals surface area contributed by atoms with Gasteiger partial charge in [-0.25, -0.2) is 0 Å². The standard InChI is InChI=1S/C12H15F3N2O2/c1-8(16)6-7-11(18)17-9-4-2-3-5-10(9)19-12(13,14)15/h2-5,8H,6-7,16H2,1H3,(H,17,18). The molecule has 1 rings (SSSR count). The summed E-state index contributed by atoms with van der Waals surface area (Å²) < 4.78 is 40.3. The van der Waals surface area contributed by atoms with Crippen molar-refractivity contribution in [3.05, 3.63) is 24.3 Å². The lowest BCUT2D eigenvalue weighted by Gasteiger charge is -2.14. The van der Waals surface area contributed by atoms with Crippen LogP contribution in [0.15, 0.2) is 24.3 Å². The molecule has 0 fully saturated rings. The van der Waals surface area contributed by atoms with Gasteiger partial charge in [0, 0.05) is 12.5 Å². The van der Waals surface area contributed by atoms with Gasteiger partial charge in [0.25, 0.3) is 0 Å². The van der Waals surface area contributed by atoms with Crippen LogP contribution in [-0.2, 0) is 4.79 Å². The third-order valence-corrected chi connectivity index (χ3v) is 2.21. The number of ether oxygens (including phenoxy) is 1. The summed E-state index contributed by atoms with van der Waals surface area (Å²) in [5.74, 6) is -0.848. The Bertz CT molecular complexity index is 433. The number of benzene rings is 1. The maximum Gasteiger partial charge on any atom is 0.573 e. The maximum absolute atomic E-state index is 12.2. The fraction of sp³-hybridized carbons (Fsp3) is 0.417. The molecule has 3 N–H and O–H groups in total. The highest BCUT2D eigenvalue weighted by molar-refractivity contribution is 5.92. The minimum absolute atomic E-state index is 0.0190. The van der Waals surface area contributed by atoms with E-state index in [4.69, 9.17) is 5.73 Å². The molecule has 1 aromatic carbocycles. The molecule has 0 saturated heterocycles. The van der Waals surface area contributed by atoms with E-state index in [0.717, 1.165) is 6.07 Å². The van der Waals surface area contributed by atoms with Crippen LogP contribution in [0, 0.1) is 0 Å². The fourth-order valence-electron chi connectivity index (χ4n) is 1.36. The Morgan fingerprint density at radius 1 is 1.42 bits per heavy atom. The van der Waals surface area contributed by atoms with Gasteiger partial charge < -0.3 is 15.8 Å². The van der Waals surface area contributed by atoms with Crippen LogP contribution in [0.2, 0.25) is 0 Å². The Hall–Kier alpha value is -1.76. The summed E-state index contributed by atoms with van der Waals surface area (Å²) in [6, 6.07) is 5.22. The lowest BCUT2D eigenvalue weighted by Crippen LogP contribution is -2.21. The monoisotopic (exact) mass is 276 g/mol. The first-order valence-electron chi connectivity index (χ1n) is 5.68. The van der Waals surface area contributed by atoms with E-state index in [2.05, 4.69) is 10.1 Å². The second-order valence-corrected chi connectivity index (χ2v) is 4.11. The smallest absolute Gasteiger partial charge is 0.404 e. The molecule has 0 aromatic heterocycles. The Kier molecular flexibility index (Phi) is 5.17. The van der Waals surface area contributed by atoms with Crippen molar-refractivity contribution in [1.82, 2.24) is 0 Å². The van der Waals surface area contributed by atoms with E-state index >= 15 is 0 Å². The van der Waals surface area contributed by atoms with Crippen molar-refractivity contribution in [1.29, 1.82) is 0 Å². The second kappa shape index (κ2) is 6.42. The van der Waals surface area contributed by atoms with Crippen LogP contribution >= 0.6 is 0 Å². The number of rotatable bonds is 5. The van der Waals surface area contributed by atoms with Gasteiger partial charge in [0.2, 0.25) is 5.91 Å². The molecule has 1 unspecified atom stereocenters. The topological polar surface area (TPSA) is 64.4 Å². The largest absolute Gasteiger partial charge is 0.573 e. The maximum atomic E-state index is 12.2. The van der Waals surface area contributed by atoms with Crippen LogP contribution in [0.3, 0.4) is 0 Å². The highest BCUT2D eigenvalue weighted by atomic mass is 19.4. The van der Waals surface area contributed by atoms with Crippen LogP contribution in [0.25, 0.3) is 0 Å². The summed E-state index contributed by atoms with van der Waals surface area (Å²) in [7, 11) is 0. The molecular formula is C12H15F3N2O2. The quantitative estimate of drug-likeness (QED) is 0.869. The van der Waals surface area contributed by atoms with Gasteiger partial charge in [0.15, 0.2) is 5.75 Å². The Labute approximate surface area is 108 Å². The van der Waals surface area contributed by atoms with Gasteiger partial charge in [-0.05, 0) is 25.5 Å². The van der Waals surface area contributed by atoms with Crippen molar-refractivity contribution >= 4 is 11.6 Å². The van der Waals surface area contributed by atoms with Gasteiger partial charge in [-0.1, -0.05) is 12.1 Å². The normalized spacial score (nSPS) is 12.9. The van der Waals surface area contributed by atoms with Gasteiger partial charge in [-0.15, -0.1) is 13.2 Å². The zero-order valence-corrected chi connectivity index (χ0v) is 10.3. The summed E-state index contributed by atoms with van der Waals surface area (Å²) in [5.41, 5.74) is 5.47. The van der Waals surface area contributed by atoms with Crippen molar-refractivity contribution in [3.8, 4) is 5.75 Å². The van der Waals surface area contributed by atoms with Crippen LogP contribution in [0.1, 0.15) is 19.8 Å². The summed E-state index contributed by atoms with van der Waals surface area (Å²) in [6.07, 6.45) is -4.21. The van der Waals surface area contributed by atoms with E-state index in [9.17, 15) is 18.0 Å². The molecular weight excluding hydrogens is 261 g/mol. The van der Waals surface area contributed by atoms with E-state index in [-0.39, 0.29) is 18.2 Å². The fourth-order valence-corrected chi connectivity index (χ4v) is 1.36. The second-order valence-electron chi connectivity index (χ2n) is 4.11. The van der Waals surface area contributed by atoms with Crippen molar-refractivity contribution in [2.75, 3.05) is 5.32 Å².